The van der Waals surface area contributed by atoms with Crippen LogP contribution >= 0.6 is 0 Å². The first-order chi connectivity index (χ1) is 23.9. The smallest absolute Gasteiger partial charge is 0.251 e. The van der Waals surface area contributed by atoms with Gasteiger partial charge < -0.3 is 0 Å². The number of hydrogen-bond acceptors (Lipinski definition) is 1. The maximum Gasteiger partial charge on any atom is 0.333 e. The van der Waals surface area contributed by atoms with Crippen LogP contribution in [0.1, 0.15) is 73.1 Å². The Morgan fingerprint density at radius 3 is 2.14 bits per heavy atom. The zero-order valence-corrected chi connectivity index (χ0v) is 29.1. The predicted molar refractivity (Wildman–Crippen MR) is 206 cm³/mol. The van der Waals surface area contributed by atoms with Gasteiger partial charge in [-0.25, -0.2) is 4.58 Å². The number of rotatable bonds is 6. The Morgan fingerprint density at radius 2 is 1.39 bits per heavy atom. The Labute approximate surface area is 291 Å². The van der Waals surface area contributed by atoms with E-state index < -0.39 is 11.0 Å². The van der Waals surface area contributed by atoms with Crippen LogP contribution in [0.4, 0.5) is 0 Å². The molecule has 3 nitrogen and oxygen atoms in total. The van der Waals surface area contributed by atoms with Gasteiger partial charge >= 0.3 is 5.84 Å². The van der Waals surface area contributed by atoms with Crippen molar-refractivity contribution in [3.05, 3.63) is 191 Å². The van der Waals surface area contributed by atoms with Crippen molar-refractivity contribution in [1.29, 1.82) is 0 Å². The van der Waals surface area contributed by atoms with Crippen LogP contribution in [0.15, 0.2) is 162 Å². The highest BCUT2D eigenvalue weighted by Gasteiger charge is 2.47. The first-order valence-electron chi connectivity index (χ1n) is 17.4. The molecule has 2 atom stereocenters. The lowest BCUT2D eigenvalue weighted by atomic mass is 9.66. The molecule has 242 valence electrons. The third-order valence-electron chi connectivity index (χ3n) is 10.2. The second kappa shape index (κ2) is 13.2. The summed E-state index contributed by atoms with van der Waals surface area (Å²) in [6, 6.07) is 46.7. The van der Waals surface area contributed by atoms with Crippen LogP contribution in [0.2, 0.25) is 0 Å². The van der Waals surface area contributed by atoms with Gasteiger partial charge in [-0.05, 0) is 95.4 Å². The minimum atomic E-state index is -0.487. The molecule has 49 heavy (non-hydrogen) atoms. The molecule has 4 bridgehead atoms. The summed E-state index contributed by atoms with van der Waals surface area (Å²) in [6.07, 6.45) is 11.8. The van der Waals surface area contributed by atoms with Crippen LogP contribution in [0.25, 0.3) is 11.1 Å². The standard InChI is InChI=1S/C46H44N3/c1-6-7-8-11-19-33(2)43(47-5)48-44(35-20-12-9-13-21-35)49-32-34-28-29-40-39-26-16-17-27-41(39)46(42(40)30-34,36-22-14-10-15-23-36)38-25-18-24-37(31-38)45(49,3)4/h7-33H,6H2,1-5H3/q+1/b8-7-,19-11-,47-43?,48-44?,49-32?. The van der Waals surface area contributed by atoms with Crippen molar-refractivity contribution in [2.45, 2.75) is 45.1 Å². The molecule has 0 fully saturated rings. The molecule has 0 aromatic heterocycles. The molecule has 0 saturated carbocycles. The molecule has 3 heteroatoms. The zero-order chi connectivity index (χ0) is 34.0. The van der Waals surface area contributed by atoms with E-state index in [4.69, 9.17) is 9.98 Å². The highest BCUT2D eigenvalue weighted by molar-refractivity contribution is 6.05. The van der Waals surface area contributed by atoms with Crippen molar-refractivity contribution in [2.24, 2.45) is 15.9 Å². The van der Waals surface area contributed by atoms with Crippen molar-refractivity contribution < 1.29 is 4.58 Å². The maximum absolute atomic E-state index is 5.41. The molecule has 7 rings (SSSR count). The van der Waals surface area contributed by atoms with Crippen LogP contribution in [0.3, 0.4) is 0 Å². The Hall–Kier alpha value is -5.41. The zero-order valence-electron chi connectivity index (χ0n) is 29.1. The summed E-state index contributed by atoms with van der Waals surface area (Å²) >= 11 is 0. The summed E-state index contributed by atoms with van der Waals surface area (Å²) in [5.74, 6) is 1.67. The number of allylic oxidation sites excluding steroid dienone is 3. The maximum atomic E-state index is 5.41. The number of fused-ring (bicyclic) bond motifs is 7. The van der Waals surface area contributed by atoms with Crippen LogP contribution in [0.5, 0.6) is 0 Å². The van der Waals surface area contributed by atoms with E-state index in [1.165, 1.54) is 38.9 Å². The van der Waals surface area contributed by atoms with Gasteiger partial charge in [0.2, 0.25) is 5.84 Å². The fourth-order valence-electron chi connectivity index (χ4n) is 7.60. The van der Waals surface area contributed by atoms with Crippen LogP contribution in [-0.4, -0.2) is 29.5 Å². The minimum Gasteiger partial charge on any atom is -0.251 e. The number of benzene rings is 5. The largest absolute Gasteiger partial charge is 0.333 e. The van der Waals surface area contributed by atoms with E-state index in [1.807, 2.05) is 7.05 Å². The SMILES string of the molecule is CC/C=C\C=C/C(C)C(=NC)N=C(c1ccccc1)[N+]1=Cc2ccc3c(c2)C(c2ccccc2)(c2cccc(c2)C1(C)C)c1ccccc1-3. The Kier molecular flexibility index (Phi) is 8.69. The van der Waals surface area contributed by atoms with Gasteiger partial charge in [0.1, 0.15) is 5.54 Å². The van der Waals surface area contributed by atoms with Gasteiger partial charge in [-0.3, -0.25) is 4.99 Å². The van der Waals surface area contributed by atoms with Crippen molar-refractivity contribution in [2.75, 3.05) is 7.05 Å². The summed E-state index contributed by atoms with van der Waals surface area (Å²) in [7, 11) is 1.84. The molecule has 0 spiro atoms. The molecule has 1 heterocycles. The number of amidine groups is 2. The van der Waals surface area contributed by atoms with Gasteiger partial charge in [-0.1, -0.05) is 134 Å². The van der Waals surface area contributed by atoms with Gasteiger partial charge in [0.05, 0.1) is 23.1 Å². The van der Waals surface area contributed by atoms with Gasteiger partial charge in [-0.2, -0.15) is 0 Å². The fraction of sp³-hybridized carbons (Fsp3) is 0.196. The lowest BCUT2D eigenvalue weighted by molar-refractivity contribution is -0.500. The molecule has 5 aromatic rings. The van der Waals surface area contributed by atoms with E-state index in [1.54, 1.807) is 0 Å². The molecular weight excluding hydrogens is 595 g/mol. The second-order valence-electron chi connectivity index (χ2n) is 13.5. The second-order valence-corrected chi connectivity index (χ2v) is 13.5. The van der Waals surface area contributed by atoms with Crippen molar-refractivity contribution in [3.63, 3.8) is 0 Å². The van der Waals surface area contributed by atoms with Gasteiger partial charge in [0.25, 0.3) is 0 Å². The highest BCUT2D eigenvalue weighted by Crippen LogP contribution is 2.56. The predicted octanol–water partition coefficient (Wildman–Crippen LogP) is 10.4. The van der Waals surface area contributed by atoms with E-state index >= 15 is 0 Å². The molecule has 2 aliphatic rings. The van der Waals surface area contributed by atoms with E-state index in [9.17, 15) is 0 Å². The number of nitrogens with zero attached hydrogens (tertiary/aromatic N) is 3. The molecule has 1 aliphatic carbocycles. The Morgan fingerprint density at radius 1 is 0.714 bits per heavy atom. The average Bonchev–Trinajstić information content (AvgIpc) is 3.44. The monoisotopic (exact) mass is 638 g/mol. The summed E-state index contributed by atoms with van der Waals surface area (Å²) in [5, 5.41) is 0. The lowest BCUT2D eigenvalue weighted by Crippen LogP contribution is -2.41. The third-order valence-corrected chi connectivity index (χ3v) is 10.2. The fourth-order valence-corrected chi connectivity index (χ4v) is 7.60. The van der Waals surface area contributed by atoms with Gasteiger partial charge in [0, 0.05) is 12.6 Å². The summed E-state index contributed by atoms with van der Waals surface area (Å²) in [5.41, 5.74) is 10.2. The summed E-state index contributed by atoms with van der Waals surface area (Å²) in [4.78, 5) is 10.1. The van der Waals surface area contributed by atoms with Crippen LogP contribution in [-0.2, 0) is 11.0 Å². The number of hydrogen-bond donors (Lipinski definition) is 0. The molecule has 0 amide bonds. The molecule has 5 aromatic carbocycles. The van der Waals surface area contributed by atoms with Crippen molar-refractivity contribution >= 4 is 17.9 Å². The molecule has 1 aliphatic heterocycles. The topological polar surface area (TPSA) is 27.7 Å². The van der Waals surface area contributed by atoms with E-state index in [-0.39, 0.29) is 5.92 Å². The van der Waals surface area contributed by atoms with Crippen molar-refractivity contribution in [1.82, 2.24) is 0 Å². The molecule has 0 saturated heterocycles. The third kappa shape index (κ3) is 5.54. The van der Waals surface area contributed by atoms with E-state index in [0.717, 1.165) is 29.2 Å². The summed E-state index contributed by atoms with van der Waals surface area (Å²) < 4.78 is 2.36. The van der Waals surface area contributed by atoms with Gasteiger partial charge in [-0.15, -0.1) is 0 Å². The molecular formula is C46H44N3+. The number of aliphatic imine (C=N–C) groups is 2. The summed E-state index contributed by atoms with van der Waals surface area (Å²) in [6.45, 7) is 8.91. The Balaban J connectivity index is 1.52. The van der Waals surface area contributed by atoms with E-state index in [0.29, 0.717) is 0 Å². The quantitative estimate of drug-likeness (QED) is 0.0752. The van der Waals surface area contributed by atoms with Crippen LogP contribution < -0.4 is 0 Å². The highest BCUT2D eigenvalue weighted by atomic mass is 15.2. The lowest BCUT2D eigenvalue weighted by Gasteiger charge is -2.36. The first kappa shape index (κ1) is 32.2. The molecule has 0 N–H and O–H groups in total. The first-order valence-corrected chi connectivity index (χ1v) is 17.4. The van der Waals surface area contributed by atoms with Crippen LogP contribution in [0, 0.1) is 5.92 Å². The Bertz CT molecular complexity index is 2150. The normalized spacial score (nSPS) is 18.8. The van der Waals surface area contributed by atoms with E-state index in [2.05, 4.69) is 190 Å². The molecule has 2 unspecified atom stereocenters. The minimum absolute atomic E-state index is 0.0300. The van der Waals surface area contributed by atoms with Gasteiger partial charge in [0.15, 0.2) is 0 Å². The van der Waals surface area contributed by atoms with Crippen molar-refractivity contribution in [3.8, 4) is 11.1 Å². The molecule has 0 radical (unpaired) electrons. The average molecular weight is 639 g/mol.